The van der Waals surface area contributed by atoms with Gasteiger partial charge in [-0.2, -0.15) is 0 Å². The molecule has 0 aliphatic carbocycles. The number of rotatable bonds is 2. The zero-order valence-electron chi connectivity index (χ0n) is 12.9. The number of nitrogens with zero attached hydrogens (tertiary/aromatic N) is 1. The third kappa shape index (κ3) is 3.15. The van der Waals surface area contributed by atoms with E-state index >= 15 is 0 Å². The summed E-state index contributed by atoms with van der Waals surface area (Å²) in [6.45, 7) is 5.74. The van der Waals surface area contributed by atoms with Gasteiger partial charge in [-0.15, -0.1) is 0 Å². The number of ether oxygens (including phenoxy) is 1. The molecule has 1 aromatic rings. The maximum absolute atomic E-state index is 12.4. The first-order chi connectivity index (χ1) is 9.91. The Morgan fingerprint density at radius 1 is 1.19 bits per heavy atom. The van der Waals surface area contributed by atoms with Gasteiger partial charge in [0.2, 0.25) is 0 Å². The van der Waals surface area contributed by atoms with Crippen molar-refractivity contribution in [1.82, 2.24) is 4.90 Å². The van der Waals surface area contributed by atoms with Gasteiger partial charge in [-0.05, 0) is 18.4 Å². The van der Waals surface area contributed by atoms with Gasteiger partial charge < -0.3 is 9.64 Å². The molecule has 112 valence electrons. The summed E-state index contributed by atoms with van der Waals surface area (Å²) < 4.78 is 5.59. The van der Waals surface area contributed by atoms with Crippen LogP contribution in [0, 0.1) is 5.92 Å². The Hall–Kier alpha value is -2.10. The van der Waals surface area contributed by atoms with Gasteiger partial charge in [0.05, 0.1) is 6.04 Å². The van der Waals surface area contributed by atoms with Crippen LogP contribution in [-0.4, -0.2) is 29.9 Å². The largest absolute Gasteiger partial charge is 0.452 e. The predicted octanol–water partition coefficient (Wildman–Crippen LogP) is 2.71. The lowest BCUT2D eigenvalue weighted by molar-refractivity contribution is -0.145. The highest BCUT2D eigenvalue weighted by Gasteiger charge is 2.37. The van der Waals surface area contributed by atoms with E-state index in [1.165, 1.54) is 0 Å². The lowest BCUT2D eigenvalue weighted by Gasteiger charge is -2.28. The van der Waals surface area contributed by atoms with Crippen molar-refractivity contribution >= 4 is 11.9 Å². The highest BCUT2D eigenvalue weighted by Crippen LogP contribution is 2.29. The molecule has 1 aliphatic rings. The second-order valence-electron chi connectivity index (χ2n) is 5.72. The quantitative estimate of drug-likeness (QED) is 0.477. The SMILES string of the molecule is CC(C)/C=C1\C(=O)O[C@@H](c2ccccc2)[C@H](C)N(C)C1=O. The molecule has 0 radical (unpaired) electrons. The molecule has 0 aromatic heterocycles. The summed E-state index contributed by atoms with van der Waals surface area (Å²) in [7, 11) is 1.71. The summed E-state index contributed by atoms with van der Waals surface area (Å²) in [5, 5.41) is 0. The van der Waals surface area contributed by atoms with E-state index in [1.807, 2.05) is 51.1 Å². The van der Waals surface area contributed by atoms with Crippen LogP contribution in [0.4, 0.5) is 0 Å². The molecule has 2 rings (SSSR count). The van der Waals surface area contributed by atoms with E-state index in [9.17, 15) is 9.59 Å². The number of cyclic esters (lactones) is 1. The maximum atomic E-state index is 12.4. The van der Waals surface area contributed by atoms with E-state index in [0.717, 1.165) is 5.56 Å². The van der Waals surface area contributed by atoms with Crippen molar-refractivity contribution in [3.8, 4) is 0 Å². The smallest absolute Gasteiger partial charge is 0.344 e. The van der Waals surface area contributed by atoms with E-state index in [2.05, 4.69) is 0 Å². The molecule has 0 N–H and O–H groups in total. The van der Waals surface area contributed by atoms with Crippen molar-refractivity contribution in [2.24, 2.45) is 5.92 Å². The number of esters is 1. The zero-order valence-corrected chi connectivity index (χ0v) is 12.9. The van der Waals surface area contributed by atoms with Crippen molar-refractivity contribution in [3.05, 3.63) is 47.5 Å². The summed E-state index contributed by atoms with van der Waals surface area (Å²) in [5.41, 5.74) is 1.02. The van der Waals surface area contributed by atoms with Gasteiger partial charge in [-0.25, -0.2) is 4.79 Å². The van der Waals surface area contributed by atoms with Crippen molar-refractivity contribution in [2.75, 3.05) is 7.05 Å². The molecule has 2 atom stereocenters. The minimum atomic E-state index is -0.543. The third-order valence-corrected chi connectivity index (χ3v) is 3.68. The Kier molecular flexibility index (Phi) is 4.46. The van der Waals surface area contributed by atoms with Crippen molar-refractivity contribution in [3.63, 3.8) is 0 Å². The Bertz CT molecular complexity index is 563. The molecule has 4 heteroatoms. The Labute approximate surface area is 125 Å². The van der Waals surface area contributed by atoms with Crippen LogP contribution < -0.4 is 0 Å². The summed E-state index contributed by atoms with van der Waals surface area (Å²) in [6.07, 6.45) is 1.21. The van der Waals surface area contributed by atoms with E-state index in [1.54, 1.807) is 18.0 Å². The predicted molar refractivity (Wildman–Crippen MR) is 80.4 cm³/mol. The minimum absolute atomic E-state index is 0.105. The van der Waals surface area contributed by atoms with Gasteiger partial charge in [-0.1, -0.05) is 50.3 Å². The molecule has 1 amide bonds. The molecule has 1 fully saturated rings. The summed E-state index contributed by atoms with van der Waals surface area (Å²) in [4.78, 5) is 26.3. The lowest BCUT2D eigenvalue weighted by Crippen LogP contribution is -2.37. The molecule has 1 aliphatic heterocycles. The topological polar surface area (TPSA) is 46.6 Å². The molecule has 4 nitrogen and oxygen atoms in total. The van der Waals surface area contributed by atoms with Crippen molar-refractivity contribution in [1.29, 1.82) is 0 Å². The molecule has 1 saturated heterocycles. The van der Waals surface area contributed by atoms with Gasteiger partial charge in [-0.3, -0.25) is 4.79 Å². The van der Waals surface area contributed by atoms with Crippen LogP contribution in [0.3, 0.4) is 0 Å². The number of likely N-dealkylation sites (N-methyl/N-ethyl adjacent to an activating group) is 1. The molecule has 0 saturated carbocycles. The monoisotopic (exact) mass is 287 g/mol. The number of carbonyl (C=O) groups is 2. The maximum Gasteiger partial charge on any atom is 0.344 e. The Morgan fingerprint density at radius 2 is 1.81 bits per heavy atom. The molecule has 0 bridgehead atoms. The number of benzene rings is 1. The first kappa shape index (κ1) is 15.3. The average Bonchev–Trinajstić information content (AvgIpc) is 2.54. The van der Waals surface area contributed by atoms with Crippen LogP contribution >= 0.6 is 0 Å². The highest BCUT2D eigenvalue weighted by molar-refractivity contribution is 6.16. The van der Waals surface area contributed by atoms with E-state index in [4.69, 9.17) is 4.74 Å². The number of allylic oxidation sites excluding steroid dienone is 1. The second-order valence-corrected chi connectivity index (χ2v) is 5.72. The standard InChI is InChI=1S/C17H21NO3/c1-11(2)10-14-16(19)18(4)12(3)15(21-17(14)20)13-8-6-5-7-9-13/h5-12,15H,1-4H3/b14-10-/t12-,15+/m0/s1. The zero-order chi connectivity index (χ0) is 15.6. The second kappa shape index (κ2) is 6.12. The minimum Gasteiger partial charge on any atom is -0.452 e. The van der Waals surface area contributed by atoms with E-state index in [-0.39, 0.29) is 23.4 Å². The molecule has 1 heterocycles. The fourth-order valence-electron chi connectivity index (χ4n) is 2.40. The first-order valence-corrected chi connectivity index (χ1v) is 7.16. The summed E-state index contributed by atoms with van der Waals surface area (Å²) in [6, 6.07) is 9.29. The van der Waals surface area contributed by atoms with Crippen LogP contribution in [0.1, 0.15) is 32.4 Å². The number of carbonyl (C=O) groups excluding carboxylic acids is 2. The molecule has 0 unspecified atom stereocenters. The van der Waals surface area contributed by atoms with E-state index < -0.39 is 12.1 Å². The molecule has 1 aromatic carbocycles. The van der Waals surface area contributed by atoms with Gasteiger partial charge in [0.1, 0.15) is 11.7 Å². The molecular weight excluding hydrogens is 266 g/mol. The number of amides is 1. The summed E-state index contributed by atoms with van der Waals surface area (Å²) >= 11 is 0. The van der Waals surface area contributed by atoms with Gasteiger partial charge in [0.25, 0.3) is 5.91 Å². The van der Waals surface area contributed by atoms with E-state index in [0.29, 0.717) is 0 Å². The van der Waals surface area contributed by atoms with Gasteiger partial charge >= 0.3 is 5.97 Å². The first-order valence-electron chi connectivity index (χ1n) is 7.16. The Balaban J connectivity index is 2.41. The fourth-order valence-corrected chi connectivity index (χ4v) is 2.40. The molecular formula is C17H21NO3. The normalized spacial score (nSPS) is 25.2. The average molecular weight is 287 g/mol. The fraction of sp³-hybridized carbons (Fsp3) is 0.412. The van der Waals surface area contributed by atoms with Crippen LogP contribution in [-0.2, 0) is 14.3 Å². The Morgan fingerprint density at radius 3 is 2.38 bits per heavy atom. The molecule has 0 spiro atoms. The van der Waals surface area contributed by atoms with Crippen molar-refractivity contribution in [2.45, 2.75) is 32.9 Å². The number of hydrogen-bond donors (Lipinski definition) is 0. The van der Waals surface area contributed by atoms with Crippen LogP contribution in [0.25, 0.3) is 0 Å². The van der Waals surface area contributed by atoms with Crippen molar-refractivity contribution < 1.29 is 14.3 Å². The summed E-state index contributed by atoms with van der Waals surface area (Å²) in [5.74, 6) is -0.716. The highest BCUT2D eigenvalue weighted by atomic mass is 16.5. The van der Waals surface area contributed by atoms with Gasteiger partial charge in [0.15, 0.2) is 0 Å². The van der Waals surface area contributed by atoms with Crippen LogP contribution in [0.15, 0.2) is 42.0 Å². The van der Waals surface area contributed by atoms with Crippen LogP contribution in [0.2, 0.25) is 0 Å². The van der Waals surface area contributed by atoms with Crippen LogP contribution in [0.5, 0.6) is 0 Å². The number of hydrogen-bond acceptors (Lipinski definition) is 3. The lowest BCUT2D eigenvalue weighted by atomic mass is 10.0. The van der Waals surface area contributed by atoms with Gasteiger partial charge in [0, 0.05) is 7.05 Å². The third-order valence-electron chi connectivity index (χ3n) is 3.68. The molecule has 21 heavy (non-hydrogen) atoms.